The maximum atomic E-state index is 13.0. The highest BCUT2D eigenvalue weighted by Gasteiger charge is 2.26. The number of rotatable bonds is 4. The molecule has 1 amide bonds. The fraction of sp³-hybridized carbons (Fsp3) is 0.500. The van der Waals surface area contributed by atoms with Gasteiger partial charge in [-0.1, -0.05) is 13.8 Å². The number of amides is 1. The van der Waals surface area contributed by atoms with Crippen LogP contribution >= 0.6 is 0 Å². The zero-order valence-electron chi connectivity index (χ0n) is 14.6. The van der Waals surface area contributed by atoms with Crippen LogP contribution in [-0.2, 0) is 7.05 Å². The van der Waals surface area contributed by atoms with Gasteiger partial charge < -0.3 is 4.90 Å². The van der Waals surface area contributed by atoms with Crippen LogP contribution < -0.4 is 0 Å². The van der Waals surface area contributed by atoms with Gasteiger partial charge in [0.15, 0.2) is 0 Å². The molecule has 0 radical (unpaired) electrons. The lowest BCUT2D eigenvalue weighted by Gasteiger charge is -2.35. The van der Waals surface area contributed by atoms with Crippen LogP contribution in [0.1, 0.15) is 24.2 Å². The fourth-order valence-corrected chi connectivity index (χ4v) is 3.18. The van der Waals surface area contributed by atoms with Crippen LogP contribution in [0.2, 0.25) is 0 Å². The molecule has 24 heavy (non-hydrogen) atoms. The van der Waals surface area contributed by atoms with E-state index in [0.29, 0.717) is 17.2 Å². The van der Waals surface area contributed by atoms with E-state index in [9.17, 15) is 4.79 Å². The van der Waals surface area contributed by atoms with Gasteiger partial charge in [0.1, 0.15) is 5.69 Å². The van der Waals surface area contributed by atoms with E-state index in [1.54, 1.807) is 17.1 Å². The summed E-state index contributed by atoms with van der Waals surface area (Å²) < 4.78 is 1.70. The van der Waals surface area contributed by atoms with E-state index < -0.39 is 0 Å². The number of hydrogen-bond acceptors (Lipinski definition) is 4. The normalized spacial score (nSPS) is 15.9. The minimum Gasteiger partial charge on any atom is -0.336 e. The van der Waals surface area contributed by atoms with Crippen LogP contribution in [0.25, 0.3) is 11.3 Å². The molecule has 128 valence electrons. The molecule has 0 aromatic carbocycles. The number of aromatic nitrogens is 3. The lowest BCUT2D eigenvalue weighted by molar-refractivity contribution is 0.0624. The Kier molecular flexibility index (Phi) is 4.94. The summed E-state index contributed by atoms with van der Waals surface area (Å²) in [4.78, 5) is 21.5. The molecule has 1 aliphatic rings. The quantitative estimate of drug-likeness (QED) is 0.861. The van der Waals surface area contributed by atoms with Crippen LogP contribution in [0.3, 0.4) is 0 Å². The predicted octanol–water partition coefficient (Wildman–Crippen LogP) is 1.90. The van der Waals surface area contributed by atoms with Crippen molar-refractivity contribution in [1.29, 1.82) is 0 Å². The van der Waals surface area contributed by atoms with Gasteiger partial charge in [-0.05, 0) is 18.1 Å². The van der Waals surface area contributed by atoms with Gasteiger partial charge in [0.2, 0.25) is 0 Å². The van der Waals surface area contributed by atoms with E-state index >= 15 is 0 Å². The van der Waals surface area contributed by atoms with Crippen molar-refractivity contribution in [3.05, 3.63) is 36.3 Å². The summed E-state index contributed by atoms with van der Waals surface area (Å²) in [5.41, 5.74) is 2.24. The first-order valence-corrected chi connectivity index (χ1v) is 8.50. The monoisotopic (exact) mass is 327 g/mol. The van der Waals surface area contributed by atoms with E-state index in [1.807, 2.05) is 30.3 Å². The highest BCUT2D eigenvalue weighted by molar-refractivity contribution is 5.99. The standard InChI is InChI=1S/C18H25N5O/c1-14(2)12-22-7-9-23(10-8-22)18(24)16-13-21(3)20-17(16)15-5-4-6-19-11-15/h4-6,11,13-14H,7-10,12H2,1-3H3. The van der Waals surface area contributed by atoms with Crippen molar-refractivity contribution in [2.75, 3.05) is 32.7 Å². The van der Waals surface area contributed by atoms with Crippen molar-refractivity contribution < 1.29 is 4.79 Å². The highest BCUT2D eigenvalue weighted by Crippen LogP contribution is 2.22. The minimum absolute atomic E-state index is 0.0613. The van der Waals surface area contributed by atoms with Gasteiger partial charge >= 0.3 is 0 Å². The lowest BCUT2D eigenvalue weighted by atomic mass is 10.1. The van der Waals surface area contributed by atoms with Crippen molar-refractivity contribution in [3.63, 3.8) is 0 Å². The zero-order chi connectivity index (χ0) is 17.1. The zero-order valence-corrected chi connectivity index (χ0v) is 14.6. The minimum atomic E-state index is 0.0613. The van der Waals surface area contributed by atoms with E-state index in [-0.39, 0.29) is 5.91 Å². The summed E-state index contributed by atoms with van der Waals surface area (Å²) >= 11 is 0. The SMILES string of the molecule is CC(C)CN1CCN(C(=O)c2cn(C)nc2-c2cccnc2)CC1. The summed E-state index contributed by atoms with van der Waals surface area (Å²) in [6.07, 6.45) is 5.28. The number of carbonyl (C=O) groups is 1. The van der Waals surface area contributed by atoms with Gasteiger partial charge in [0.25, 0.3) is 5.91 Å². The molecular formula is C18H25N5O. The number of hydrogen-bond donors (Lipinski definition) is 0. The third-order valence-electron chi connectivity index (χ3n) is 4.28. The third-order valence-corrected chi connectivity index (χ3v) is 4.28. The second kappa shape index (κ2) is 7.13. The van der Waals surface area contributed by atoms with E-state index in [4.69, 9.17) is 0 Å². The largest absolute Gasteiger partial charge is 0.336 e. The molecule has 3 rings (SSSR count). The van der Waals surface area contributed by atoms with Crippen molar-refractivity contribution in [3.8, 4) is 11.3 Å². The van der Waals surface area contributed by atoms with Gasteiger partial charge in [-0.15, -0.1) is 0 Å². The first-order valence-electron chi connectivity index (χ1n) is 8.50. The van der Waals surface area contributed by atoms with Gasteiger partial charge in [0.05, 0.1) is 5.56 Å². The van der Waals surface area contributed by atoms with E-state index in [0.717, 1.165) is 38.3 Å². The maximum Gasteiger partial charge on any atom is 0.257 e. The molecule has 2 aromatic heterocycles. The maximum absolute atomic E-state index is 13.0. The van der Waals surface area contributed by atoms with Gasteiger partial charge in [-0.3, -0.25) is 19.4 Å². The molecule has 0 spiro atoms. The Morgan fingerprint density at radius 3 is 2.62 bits per heavy atom. The van der Waals surface area contributed by atoms with Crippen LogP contribution in [0.4, 0.5) is 0 Å². The molecule has 3 heterocycles. The molecule has 0 saturated carbocycles. The van der Waals surface area contributed by atoms with E-state index in [2.05, 4.69) is 28.8 Å². The third kappa shape index (κ3) is 3.64. The van der Waals surface area contributed by atoms with Gasteiger partial charge in [0, 0.05) is 63.9 Å². The molecule has 2 aromatic rings. The summed E-state index contributed by atoms with van der Waals surface area (Å²) in [6, 6.07) is 3.80. The number of nitrogens with zero attached hydrogens (tertiary/aromatic N) is 5. The molecule has 1 saturated heterocycles. The molecule has 0 unspecified atom stereocenters. The summed E-state index contributed by atoms with van der Waals surface area (Å²) in [7, 11) is 1.84. The first-order chi connectivity index (χ1) is 11.5. The van der Waals surface area contributed by atoms with Crippen LogP contribution in [-0.4, -0.2) is 63.2 Å². The Hall–Kier alpha value is -2.21. The first kappa shape index (κ1) is 16.6. The summed E-state index contributed by atoms with van der Waals surface area (Å²) in [5.74, 6) is 0.717. The Bertz CT molecular complexity index is 687. The highest BCUT2D eigenvalue weighted by atomic mass is 16.2. The molecule has 0 aliphatic carbocycles. The van der Waals surface area contributed by atoms with Crippen LogP contribution in [0.5, 0.6) is 0 Å². The average Bonchev–Trinajstić information content (AvgIpc) is 2.97. The van der Waals surface area contributed by atoms with Crippen LogP contribution in [0.15, 0.2) is 30.7 Å². The Labute approximate surface area is 143 Å². The van der Waals surface area contributed by atoms with Crippen molar-refractivity contribution in [1.82, 2.24) is 24.6 Å². The number of carbonyl (C=O) groups excluding carboxylic acids is 1. The Morgan fingerprint density at radius 1 is 1.25 bits per heavy atom. The van der Waals surface area contributed by atoms with Gasteiger partial charge in [-0.25, -0.2) is 0 Å². The molecule has 6 heteroatoms. The second-order valence-electron chi connectivity index (χ2n) is 6.79. The Balaban J connectivity index is 1.75. The molecule has 1 fully saturated rings. The van der Waals surface area contributed by atoms with E-state index in [1.165, 1.54) is 0 Å². The predicted molar refractivity (Wildman–Crippen MR) is 93.6 cm³/mol. The molecule has 1 aliphatic heterocycles. The number of aryl methyl sites for hydroxylation is 1. The molecule has 0 atom stereocenters. The van der Waals surface area contributed by atoms with Crippen molar-refractivity contribution in [2.45, 2.75) is 13.8 Å². The fourth-order valence-electron chi connectivity index (χ4n) is 3.18. The van der Waals surface area contributed by atoms with Gasteiger partial charge in [-0.2, -0.15) is 5.10 Å². The lowest BCUT2D eigenvalue weighted by Crippen LogP contribution is -2.49. The second-order valence-corrected chi connectivity index (χ2v) is 6.79. The summed E-state index contributed by atoms with van der Waals surface area (Å²) in [5, 5.41) is 4.47. The number of pyridine rings is 1. The van der Waals surface area contributed by atoms with Crippen molar-refractivity contribution in [2.24, 2.45) is 13.0 Å². The molecular weight excluding hydrogens is 302 g/mol. The molecule has 0 bridgehead atoms. The molecule has 0 N–H and O–H groups in total. The molecule has 6 nitrogen and oxygen atoms in total. The van der Waals surface area contributed by atoms with Crippen LogP contribution in [0, 0.1) is 5.92 Å². The Morgan fingerprint density at radius 2 is 2.00 bits per heavy atom. The smallest absolute Gasteiger partial charge is 0.257 e. The summed E-state index contributed by atoms with van der Waals surface area (Å²) in [6.45, 7) is 8.97. The topological polar surface area (TPSA) is 54.3 Å². The van der Waals surface area contributed by atoms with Crippen molar-refractivity contribution >= 4 is 5.91 Å². The number of piperazine rings is 1. The average molecular weight is 327 g/mol.